The Balaban J connectivity index is 1.90. The lowest BCUT2D eigenvalue weighted by Gasteiger charge is -2.28. The molecule has 1 saturated carbocycles. The maximum Gasteiger partial charge on any atom is 0.256 e. The van der Waals surface area contributed by atoms with Crippen molar-refractivity contribution in [3.8, 4) is 5.75 Å². The molecule has 24 heavy (non-hydrogen) atoms. The third-order valence-corrected chi connectivity index (χ3v) is 4.33. The third kappa shape index (κ3) is 5.21. The summed E-state index contributed by atoms with van der Waals surface area (Å²) in [7, 11) is 4.03. The van der Waals surface area contributed by atoms with Crippen LogP contribution in [0.15, 0.2) is 24.3 Å². The van der Waals surface area contributed by atoms with Crippen LogP contribution in [-0.2, 0) is 9.53 Å². The van der Waals surface area contributed by atoms with Crippen molar-refractivity contribution in [2.24, 2.45) is 5.92 Å². The topological polar surface area (TPSA) is 50.8 Å². The largest absolute Gasteiger partial charge is 0.492 e. The van der Waals surface area contributed by atoms with Crippen LogP contribution in [-0.4, -0.2) is 50.3 Å². The fourth-order valence-electron chi connectivity index (χ4n) is 2.55. The second-order valence-corrected chi connectivity index (χ2v) is 6.86. The molecule has 5 nitrogen and oxygen atoms in total. The zero-order chi connectivity index (χ0) is 17.6. The van der Waals surface area contributed by atoms with Gasteiger partial charge in [-0.3, -0.25) is 4.79 Å². The van der Waals surface area contributed by atoms with E-state index in [-0.39, 0.29) is 5.91 Å². The quantitative estimate of drug-likeness (QED) is 0.714. The van der Waals surface area contributed by atoms with Crippen LogP contribution in [0.25, 0.3) is 0 Å². The highest BCUT2D eigenvalue weighted by Crippen LogP contribution is 2.42. The molecule has 0 radical (unpaired) electrons. The van der Waals surface area contributed by atoms with Crippen molar-refractivity contribution in [3.05, 3.63) is 24.3 Å². The Bertz CT molecular complexity index is 526. The maximum atomic E-state index is 12.7. The standard InChI is InChI=1S/C19H30N2O3/c1-5-13-24-19(2,15-6-7-15)18(22)20-16-8-10-17(11-9-16)23-14-12-21(3)4/h8-11,15H,5-7,12-14H2,1-4H3,(H,20,22). The van der Waals surface area contributed by atoms with Gasteiger partial charge in [-0.2, -0.15) is 0 Å². The van der Waals surface area contributed by atoms with Gasteiger partial charge in [-0.05, 0) is 70.5 Å². The molecule has 1 aliphatic carbocycles. The lowest BCUT2D eigenvalue weighted by molar-refractivity contribution is -0.142. The van der Waals surface area contributed by atoms with Gasteiger partial charge in [0.1, 0.15) is 18.0 Å². The van der Waals surface area contributed by atoms with Crippen molar-refractivity contribution in [1.29, 1.82) is 0 Å². The van der Waals surface area contributed by atoms with Gasteiger partial charge < -0.3 is 19.7 Å². The highest BCUT2D eigenvalue weighted by Gasteiger charge is 2.48. The van der Waals surface area contributed by atoms with Crippen LogP contribution in [0.5, 0.6) is 5.75 Å². The molecule has 1 amide bonds. The van der Waals surface area contributed by atoms with Gasteiger partial charge in [0.05, 0.1) is 0 Å². The van der Waals surface area contributed by atoms with Crippen molar-refractivity contribution in [3.63, 3.8) is 0 Å². The SMILES string of the molecule is CCCOC(C)(C(=O)Nc1ccc(OCCN(C)C)cc1)C1CC1. The summed E-state index contributed by atoms with van der Waals surface area (Å²) in [5.41, 5.74) is 0.0450. The number of likely N-dealkylation sites (N-methyl/N-ethyl adjacent to an activating group) is 1. The molecule has 5 heteroatoms. The molecule has 1 atom stereocenters. The van der Waals surface area contributed by atoms with Crippen molar-refractivity contribution in [1.82, 2.24) is 4.90 Å². The van der Waals surface area contributed by atoms with E-state index in [2.05, 4.69) is 17.1 Å². The first kappa shape index (κ1) is 18.7. The number of ether oxygens (including phenoxy) is 2. The van der Waals surface area contributed by atoms with Crippen LogP contribution in [0.3, 0.4) is 0 Å². The number of nitrogens with zero attached hydrogens (tertiary/aromatic N) is 1. The second kappa shape index (κ2) is 8.49. The summed E-state index contributed by atoms with van der Waals surface area (Å²) in [5.74, 6) is 1.08. The summed E-state index contributed by atoms with van der Waals surface area (Å²) in [6, 6.07) is 7.51. The number of carbonyl (C=O) groups excluding carboxylic acids is 1. The van der Waals surface area contributed by atoms with Crippen LogP contribution in [0.1, 0.15) is 33.1 Å². The van der Waals surface area contributed by atoms with E-state index < -0.39 is 5.60 Å². The molecule has 1 aliphatic rings. The van der Waals surface area contributed by atoms with Crippen LogP contribution in [0.2, 0.25) is 0 Å². The zero-order valence-electron chi connectivity index (χ0n) is 15.3. The minimum Gasteiger partial charge on any atom is -0.492 e. The Labute approximate surface area is 145 Å². The predicted octanol–water partition coefficient (Wildman–Crippen LogP) is 3.16. The minimum atomic E-state index is -0.725. The van der Waals surface area contributed by atoms with E-state index in [0.29, 0.717) is 19.1 Å². The summed E-state index contributed by atoms with van der Waals surface area (Å²) < 4.78 is 11.6. The molecule has 2 rings (SSSR count). The monoisotopic (exact) mass is 334 g/mol. The number of anilines is 1. The normalized spacial score (nSPS) is 16.7. The van der Waals surface area contributed by atoms with Gasteiger partial charge in [0.2, 0.25) is 0 Å². The molecule has 0 spiro atoms. The molecule has 0 aliphatic heterocycles. The summed E-state index contributed by atoms with van der Waals surface area (Å²) in [5, 5.41) is 2.99. The van der Waals surface area contributed by atoms with Gasteiger partial charge in [0.25, 0.3) is 5.91 Å². The highest BCUT2D eigenvalue weighted by atomic mass is 16.5. The van der Waals surface area contributed by atoms with Gasteiger partial charge >= 0.3 is 0 Å². The number of carbonyl (C=O) groups is 1. The number of amides is 1. The molecule has 1 aromatic rings. The van der Waals surface area contributed by atoms with Crippen molar-refractivity contribution in [2.45, 2.75) is 38.7 Å². The van der Waals surface area contributed by atoms with Crippen LogP contribution >= 0.6 is 0 Å². The Morgan fingerprint density at radius 1 is 1.25 bits per heavy atom. The minimum absolute atomic E-state index is 0.0558. The van der Waals surface area contributed by atoms with Crippen LogP contribution < -0.4 is 10.1 Å². The van der Waals surface area contributed by atoms with Crippen molar-refractivity contribution >= 4 is 11.6 Å². The van der Waals surface area contributed by atoms with Crippen LogP contribution in [0.4, 0.5) is 5.69 Å². The van der Waals surface area contributed by atoms with Crippen molar-refractivity contribution in [2.75, 3.05) is 39.2 Å². The molecule has 0 heterocycles. The molecular formula is C19H30N2O3. The Kier molecular flexibility index (Phi) is 6.63. The molecule has 1 unspecified atom stereocenters. The molecule has 1 fully saturated rings. The summed E-state index contributed by atoms with van der Waals surface area (Å²) in [4.78, 5) is 14.8. The molecule has 0 aromatic heterocycles. The van der Waals surface area contributed by atoms with Gasteiger partial charge in [-0.15, -0.1) is 0 Å². The van der Waals surface area contributed by atoms with E-state index in [0.717, 1.165) is 37.2 Å². The van der Waals surface area contributed by atoms with E-state index >= 15 is 0 Å². The Morgan fingerprint density at radius 2 is 1.92 bits per heavy atom. The van der Waals surface area contributed by atoms with Crippen molar-refractivity contribution < 1.29 is 14.3 Å². The molecule has 0 saturated heterocycles. The molecule has 134 valence electrons. The van der Waals surface area contributed by atoms with Gasteiger partial charge in [-0.1, -0.05) is 6.92 Å². The van der Waals surface area contributed by atoms with E-state index in [1.54, 1.807) is 0 Å². The van der Waals surface area contributed by atoms with E-state index in [4.69, 9.17) is 9.47 Å². The first-order chi connectivity index (χ1) is 11.5. The first-order valence-electron chi connectivity index (χ1n) is 8.78. The number of hydrogen-bond acceptors (Lipinski definition) is 4. The third-order valence-electron chi connectivity index (χ3n) is 4.33. The number of benzene rings is 1. The summed E-state index contributed by atoms with van der Waals surface area (Å²) in [6.45, 7) is 6.09. The predicted molar refractivity (Wildman–Crippen MR) is 96.5 cm³/mol. The Morgan fingerprint density at radius 3 is 2.46 bits per heavy atom. The summed E-state index contributed by atoms with van der Waals surface area (Å²) >= 11 is 0. The number of hydrogen-bond donors (Lipinski definition) is 1. The average molecular weight is 334 g/mol. The van der Waals surface area contributed by atoms with Gasteiger partial charge in [0.15, 0.2) is 0 Å². The molecule has 1 N–H and O–H groups in total. The zero-order valence-corrected chi connectivity index (χ0v) is 15.3. The number of rotatable bonds is 10. The lowest BCUT2D eigenvalue weighted by Crippen LogP contribution is -2.45. The van der Waals surface area contributed by atoms with Gasteiger partial charge in [-0.25, -0.2) is 0 Å². The van der Waals surface area contributed by atoms with Gasteiger partial charge in [0, 0.05) is 18.8 Å². The fraction of sp³-hybridized carbons (Fsp3) is 0.632. The first-order valence-corrected chi connectivity index (χ1v) is 8.78. The number of nitrogens with one attached hydrogen (secondary N) is 1. The summed E-state index contributed by atoms with van der Waals surface area (Å²) in [6.07, 6.45) is 3.03. The maximum absolute atomic E-state index is 12.7. The lowest BCUT2D eigenvalue weighted by atomic mass is 9.98. The Hall–Kier alpha value is -1.59. The van der Waals surface area contributed by atoms with Crippen LogP contribution in [0, 0.1) is 5.92 Å². The average Bonchev–Trinajstić information content (AvgIpc) is 3.39. The smallest absolute Gasteiger partial charge is 0.256 e. The van der Waals surface area contributed by atoms with E-state index in [1.165, 1.54) is 0 Å². The molecule has 1 aromatic carbocycles. The second-order valence-electron chi connectivity index (χ2n) is 6.86. The molecule has 0 bridgehead atoms. The van der Waals surface area contributed by atoms with E-state index in [9.17, 15) is 4.79 Å². The fourth-order valence-corrected chi connectivity index (χ4v) is 2.55. The van der Waals surface area contributed by atoms with E-state index in [1.807, 2.05) is 45.3 Å². The highest BCUT2D eigenvalue weighted by molar-refractivity contribution is 5.97. The molecular weight excluding hydrogens is 304 g/mol.